The van der Waals surface area contributed by atoms with Gasteiger partial charge in [0.1, 0.15) is 0 Å². The molecule has 1 N–H and O–H groups in total. The molecule has 0 bridgehead atoms. The molecule has 0 unspecified atom stereocenters. The highest BCUT2D eigenvalue weighted by Crippen LogP contribution is 2.21. The standard InChI is InChI=1S/C21H26N2O2/c1-16-9-11-20(17(2)15-16)23(18(3)24)14-13-22-21(25)12-10-19-7-5-4-6-8-19/h4-9,11,15H,10,12-14H2,1-3H3,(H,22,25). The number of rotatable bonds is 7. The fraction of sp³-hybridized carbons (Fsp3) is 0.333. The van der Waals surface area contributed by atoms with Crippen LogP contribution in [0.1, 0.15) is 30.0 Å². The minimum atomic E-state index is -0.0227. The summed E-state index contributed by atoms with van der Waals surface area (Å²) >= 11 is 0. The molecular formula is C21H26N2O2. The Labute approximate surface area is 149 Å². The molecule has 0 saturated heterocycles. The molecule has 0 spiro atoms. The van der Waals surface area contributed by atoms with Crippen molar-refractivity contribution < 1.29 is 9.59 Å². The summed E-state index contributed by atoms with van der Waals surface area (Å²) in [5.41, 5.74) is 4.28. The zero-order valence-electron chi connectivity index (χ0n) is 15.2. The van der Waals surface area contributed by atoms with Gasteiger partial charge in [-0.25, -0.2) is 0 Å². The first-order valence-electron chi connectivity index (χ1n) is 8.63. The second-order valence-electron chi connectivity index (χ2n) is 6.30. The normalized spacial score (nSPS) is 10.4. The van der Waals surface area contributed by atoms with Gasteiger partial charge in [-0.1, -0.05) is 48.0 Å². The lowest BCUT2D eigenvalue weighted by Crippen LogP contribution is -2.38. The van der Waals surface area contributed by atoms with Gasteiger partial charge in [0, 0.05) is 32.1 Å². The number of amides is 2. The molecule has 25 heavy (non-hydrogen) atoms. The Kier molecular flexibility index (Phi) is 6.75. The number of nitrogens with one attached hydrogen (secondary N) is 1. The van der Waals surface area contributed by atoms with E-state index in [1.54, 1.807) is 11.8 Å². The lowest BCUT2D eigenvalue weighted by atomic mass is 10.1. The average molecular weight is 338 g/mol. The second kappa shape index (κ2) is 9.02. The Morgan fingerprint density at radius 1 is 1.04 bits per heavy atom. The van der Waals surface area contributed by atoms with Crippen LogP contribution in [0, 0.1) is 13.8 Å². The quantitative estimate of drug-likeness (QED) is 0.841. The number of carbonyl (C=O) groups excluding carboxylic acids is 2. The van der Waals surface area contributed by atoms with Crippen LogP contribution in [-0.2, 0) is 16.0 Å². The molecule has 0 radical (unpaired) electrons. The van der Waals surface area contributed by atoms with Crippen LogP contribution < -0.4 is 10.2 Å². The molecule has 4 nitrogen and oxygen atoms in total. The predicted octanol–water partition coefficient (Wildman–Crippen LogP) is 3.41. The zero-order valence-corrected chi connectivity index (χ0v) is 15.2. The first-order valence-corrected chi connectivity index (χ1v) is 8.63. The molecule has 2 aromatic rings. The van der Waals surface area contributed by atoms with Crippen molar-refractivity contribution in [2.75, 3.05) is 18.0 Å². The van der Waals surface area contributed by atoms with Crippen LogP contribution >= 0.6 is 0 Å². The van der Waals surface area contributed by atoms with E-state index in [2.05, 4.69) is 11.4 Å². The van der Waals surface area contributed by atoms with Gasteiger partial charge in [-0.2, -0.15) is 0 Å². The van der Waals surface area contributed by atoms with Crippen LogP contribution in [-0.4, -0.2) is 24.9 Å². The molecule has 132 valence electrons. The predicted molar refractivity (Wildman–Crippen MR) is 102 cm³/mol. The average Bonchev–Trinajstić information content (AvgIpc) is 2.58. The van der Waals surface area contributed by atoms with Crippen molar-refractivity contribution in [2.24, 2.45) is 0 Å². The summed E-state index contributed by atoms with van der Waals surface area (Å²) in [5.74, 6) is -0.0153. The van der Waals surface area contributed by atoms with Crippen molar-refractivity contribution in [1.29, 1.82) is 0 Å². The Bertz CT molecular complexity index is 726. The fourth-order valence-electron chi connectivity index (χ4n) is 2.85. The van der Waals surface area contributed by atoms with Gasteiger partial charge in [-0.15, -0.1) is 0 Å². The molecule has 0 aliphatic heterocycles. The molecular weight excluding hydrogens is 312 g/mol. The van der Waals surface area contributed by atoms with Gasteiger partial charge in [-0.3, -0.25) is 9.59 Å². The summed E-state index contributed by atoms with van der Waals surface area (Å²) in [4.78, 5) is 25.7. The monoisotopic (exact) mass is 338 g/mol. The minimum absolute atomic E-state index is 0.00739. The minimum Gasteiger partial charge on any atom is -0.354 e. The van der Waals surface area contributed by atoms with Crippen molar-refractivity contribution >= 4 is 17.5 Å². The first-order chi connectivity index (χ1) is 12.0. The van der Waals surface area contributed by atoms with Crippen LogP contribution in [0.5, 0.6) is 0 Å². The number of carbonyl (C=O) groups is 2. The molecule has 4 heteroatoms. The fourth-order valence-corrected chi connectivity index (χ4v) is 2.85. The summed E-state index contributed by atoms with van der Waals surface area (Å²) in [6.07, 6.45) is 1.17. The van der Waals surface area contributed by atoms with Crippen LogP contribution in [0.3, 0.4) is 0 Å². The molecule has 2 amide bonds. The second-order valence-corrected chi connectivity index (χ2v) is 6.30. The Hall–Kier alpha value is -2.62. The first kappa shape index (κ1) is 18.7. The van der Waals surface area contributed by atoms with Gasteiger partial charge in [0.25, 0.3) is 0 Å². The van der Waals surface area contributed by atoms with E-state index >= 15 is 0 Å². The van der Waals surface area contributed by atoms with E-state index in [4.69, 9.17) is 0 Å². The molecule has 2 rings (SSSR count). The van der Waals surface area contributed by atoms with Crippen LogP contribution in [0.2, 0.25) is 0 Å². The van der Waals surface area contributed by atoms with Gasteiger partial charge >= 0.3 is 0 Å². The lowest BCUT2D eigenvalue weighted by Gasteiger charge is -2.23. The summed E-state index contributed by atoms with van der Waals surface area (Å²) in [5, 5.41) is 2.91. The molecule has 0 heterocycles. The van der Waals surface area contributed by atoms with Crippen LogP contribution in [0.4, 0.5) is 5.69 Å². The topological polar surface area (TPSA) is 49.4 Å². The maximum absolute atomic E-state index is 12.0. The largest absolute Gasteiger partial charge is 0.354 e. The van der Waals surface area contributed by atoms with Gasteiger partial charge in [0.05, 0.1) is 0 Å². The third kappa shape index (κ3) is 5.75. The smallest absolute Gasteiger partial charge is 0.223 e. The van der Waals surface area contributed by atoms with Crippen LogP contribution in [0.25, 0.3) is 0 Å². The van der Waals surface area contributed by atoms with Crippen LogP contribution in [0.15, 0.2) is 48.5 Å². The number of hydrogen-bond acceptors (Lipinski definition) is 2. The van der Waals surface area contributed by atoms with E-state index in [1.165, 1.54) is 5.56 Å². The molecule has 0 atom stereocenters. The van der Waals surface area contributed by atoms with Crippen molar-refractivity contribution in [3.63, 3.8) is 0 Å². The molecule has 2 aromatic carbocycles. The number of aryl methyl sites for hydroxylation is 3. The van der Waals surface area contributed by atoms with E-state index in [0.717, 1.165) is 23.2 Å². The summed E-state index contributed by atoms with van der Waals surface area (Å²) in [6.45, 7) is 6.49. The lowest BCUT2D eigenvalue weighted by molar-refractivity contribution is -0.121. The molecule has 0 aromatic heterocycles. The number of benzene rings is 2. The molecule has 0 aliphatic rings. The third-order valence-electron chi connectivity index (χ3n) is 4.16. The highest BCUT2D eigenvalue weighted by molar-refractivity contribution is 5.92. The number of anilines is 1. The van der Waals surface area contributed by atoms with Crippen molar-refractivity contribution in [3.05, 3.63) is 65.2 Å². The Morgan fingerprint density at radius 3 is 2.40 bits per heavy atom. The van der Waals surface area contributed by atoms with Gasteiger partial charge in [-0.05, 0) is 37.5 Å². The molecule has 0 saturated carbocycles. The summed E-state index contributed by atoms with van der Waals surface area (Å²) in [7, 11) is 0. The maximum atomic E-state index is 12.0. The Balaban J connectivity index is 1.85. The number of hydrogen-bond donors (Lipinski definition) is 1. The maximum Gasteiger partial charge on any atom is 0.223 e. The van der Waals surface area contributed by atoms with Crippen molar-refractivity contribution in [3.8, 4) is 0 Å². The highest BCUT2D eigenvalue weighted by Gasteiger charge is 2.14. The molecule has 0 aliphatic carbocycles. The van der Waals surface area contributed by atoms with E-state index in [0.29, 0.717) is 19.5 Å². The van der Waals surface area contributed by atoms with E-state index in [1.807, 2.05) is 56.3 Å². The molecule has 0 fully saturated rings. The summed E-state index contributed by atoms with van der Waals surface area (Å²) in [6, 6.07) is 16.0. The Morgan fingerprint density at radius 2 is 1.76 bits per heavy atom. The van der Waals surface area contributed by atoms with E-state index in [-0.39, 0.29) is 11.8 Å². The SMILES string of the molecule is CC(=O)N(CCNC(=O)CCc1ccccc1)c1ccc(C)cc1C. The van der Waals surface area contributed by atoms with E-state index < -0.39 is 0 Å². The van der Waals surface area contributed by atoms with Gasteiger partial charge in [0.15, 0.2) is 0 Å². The van der Waals surface area contributed by atoms with Crippen molar-refractivity contribution in [2.45, 2.75) is 33.6 Å². The van der Waals surface area contributed by atoms with E-state index in [9.17, 15) is 9.59 Å². The zero-order chi connectivity index (χ0) is 18.2. The van der Waals surface area contributed by atoms with Crippen molar-refractivity contribution in [1.82, 2.24) is 5.32 Å². The number of nitrogens with zero attached hydrogens (tertiary/aromatic N) is 1. The van der Waals surface area contributed by atoms with Gasteiger partial charge in [0.2, 0.25) is 11.8 Å². The third-order valence-corrected chi connectivity index (χ3v) is 4.16. The summed E-state index contributed by atoms with van der Waals surface area (Å²) < 4.78 is 0. The highest BCUT2D eigenvalue weighted by atomic mass is 16.2. The van der Waals surface area contributed by atoms with Gasteiger partial charge < -0.3 is 10.2 Å².